The van der Waals surface area contributed by atoms with Gasteiger partial charge in [0.25, 0.3) is 5.91 Å². The Bertz CT molecular complexity index is 668. The smallest absolute Gasteiger partial charge is 0.271 e. The molecule has 1 aromatic heterocycles. The zero-order valence-corrected chi connectivity index (χ0v) is 14.9. The van der Waals surface area contributed by atoms with Crippen LogP contribution in [0, 0.1) is 11.8 Å². The predicted molar refractivity (Wildman–Crippen MR) is 95.3 cm³/mol. The third kappa shape index (κ3) is 4.64. The fraction of sp³-hybridized carbons (Fsp3) is 0.500. The van der Waals surface area contributed by atoms with Gasteiger partial charge in [-0.1, -0.05) is 52.0 Å². The molecule has 0 unspecified atom stereocenters. The third-order valence-corrected chi connectivity index (χ3v) is 3.69. The SMILES string of the molecule is CC(C)CN(Cc1ccccc1-c1n[nH]nc1C(N)=O)CC(C)C. The summed E-state index contributed by atoms with van der Waals surface area (Å²) in [6.07, 6.45) is 0. The lowest BCUT2D eigenvalue weighted by Crippen LogP contribution is -2.31. The molecule has 24 heavy (non-hydrogen) atoms. The van der Waals surface area contributed by atoms with E-state index in [1.165, 1.54) is 0 Å². The Morgan fingerprint density at radius 1 is 1.12 bits per heavy atom. The second-order valence-electron chi connectivity index (χ2n) is 7.02. The van der Waals surface area contributed by atoms with E-state index in [1.807, 2.05) is 18.2 Å². The van der Waals surface area contributed by atoms with Crippen LogP contribution in [-0.2, 0) is 6.54 Å². The van der Waals surface area contributed by atoms with Crippen molar-refractivity contribution in [1.82, 2.24) is 20.3 Å². The van der Waals surface area contributed by atoms with E-state index in [4.69, 9.17) is 5.73 Å². The number of aromatic amines is 1. The summed E-state index contributed by atoms with van der Waals surface area (Å²) in [5.74, 6) is 0.600. The first-order valence-electron chi connectivity index (χ1n) is 8.39. The first-order chi connectivity index (χ1) is 11.4. The van der Waals surface area contributed by atoms with Crippen LogP contribution in [0.25, 0.3) is 11.3 Å². The summed E-state index contributed by atoms with van der Waals surface area (Å²) < 4.78 is 0. The standard InChI is InChI=1S/C18H27N5O/c1-12(2)9-23(10-13(3)4)11-14-7-5-6-8-15(14)16-17(18(19)24)21-22-20-16/h5-8,12-13H,9-11H2,1-4H3,(H2,19,24)(H,20,21,22). The average Bonchev–Trinajstić information content (AvgIpc) is 2.95. The Labute approximate surface area is 143 Å². The lowest BCUT2D eigenvalue weighted by Gasteiger charge is -2.27. The summed E-state index contributed by atoms with van der Waals surface area (Å²) in [5.41, 5.74) is 8.13. The minimum absolute atomic E-state index is 0.182. The van der Waals surface area contributed by atoms with E-state index in [0.717, 1.165) is 30.8 Å². The summed E-state index contributed by atoms with van der Waals surface area (Å²) in [7, 11) is 0. The highest BCUT2D eigenvalue weighted by atomic mass is 16.1. The van der Waals surface area contributed by atoms with Gasteiger partial charge >= 0.3 is 0 Å². The van der Waals surface area contributed by atoms with Crippen LogP contribution in [0.15, 0.2) is 24.3 Å². The van der Waals surface area contributed by atoms with Gasteiger partial charge in [0.15, 0.2) is 5.69 Å². The second-order valence-corrected chi connectivity index (χ2v) is 7.02. The molecule has 1 amide bonds. The van der Waals surface area contributed by atoms with Gasteiger partial charge in [0, 0.05) is 25.2 Å². The molecule has 3 N–H and O–H groups in total. The lowest BCUT2D eigenvalue weighted by molar-refractivity contribution is 0.0996. The maximum Gasteiger partial charge on any atom is 0.271 e. The first-order valence-corrected chi connectivity index (χ1v) is 8.39. The van der Waals surface area contributed by atoms with Crippen molar-refractivity contribution in [3.05, 3.63) is 35.5 Å². The largest absolute Gasteiger partial charge is 0.364 e. The normalized spacial score (nSPS) is 11.6. The third-order valence-electron chi connectivity index (χ3n) is 3.69. The Kier molecular flexibility index (Phi) is 6.09. The number of carbonyl (C=O) groups is 1. The van der Waals surface area contributed by atoms with E-state index in [-0.39, 0.29) is 5.69 Å². The van der Waals surface area contributed by atoms with Gasteiger partial charge in [-0.05, 0) is 17.4 Å². The molecule has 0 saturated heterocycles. The zero-order chi connectivity index (χ0) is 17.7. The molecule has 0 radical (unpaired) electrons. The lowest BCUT2D eigenvalue weighted by atomic mass is 10.0. The Morgan fingerprint density at radius 3 is 2.33 bits per heavy atom. The van der Waals surface area contributed by atoms with Gasteiger partial charge in [0.1, 0.15) is 5.69 Å². The fourth-order valence-electron chi connectivity index (χ4n) is 2.96. The minimum atomic E-state index is -0.574. The molecule has 0 spiro atoms. The van der Waals surface area contributed by atoms with Crippen LogP contribution < -0.4 is 5.73 Å². The van der Waals surface area contributed by atoms with Gasteiger partial charge in [-0.25, -0.2) is 0 Å². The Morgan fingerprint density at radius 2 is 1.75 bits per heavy atom. The molecule has 130 valence electrons. The highest BCUT2D eigenvalue weighted by Crippen LogP contribution is 2.25. The van der Waals surface area contributed by atoms with E-state index < -0.39 is 5.91 Å². The molecule has 1 aromatic carbocycles. The number of benzene rings is 1. The van der Waals surface area contributed by atoms with Gasteiger partial charge in [-0.2, -0.15) is 15.4 Å². The molecule has 0 fully saturated rings. The summed E-state index contributed by atoms with van der Waals surface area (Å²) in [6.45, 7) is 11.7. The monoisotopic (exact) mass is 329 g/mol. The molecule has 2 aromatic rings. The van der Waals surface area contributed by atoms with Crippen LogP contribution in [0.3, 0.4) is 0 Å². The summed E-state index contributed by atoms with van der Waals surface area (Å²) >= 11 is 0. The second kappa shape index (κ2) is 8.06. The molecule has 2 rings (SSSR count). The summed E-state index contributed by atoms with van der Waals surface area (Å²) in [5, 5.41) is 10.5. The number of nitrogens with two attached hydrogens (primary N) is 1. The van der Waals surface area contributed by atoms with Crippen molar-refractivity contribution in [3.63, 3.8) is 0 Å². The zero-order valence-electron chi connectivity index (χ0n) is 14.9. The van der Waals surface area contributed by atoms with E-state index in [0.29, 0.717) is 17.5 Å². The fourth-order valence-corrected chi connectivity index (χ4v) is 2.96. The van der Waals surface area contributed by atoms with Crippen LogP contribution in [0.4, 0.5) is 0 Å². The minimum Gasteiger partial charge on any atom is -0.364 e. The van der Waals surface area contributed by atoms with Crippen molar-refractivity contribution in [2.24, 2.45) is 17.6 Å². The topological polar surface area (TPSA) is 87.9 Å². The van der Waals surface area contributed by atoms with Gasteiger partial charge in [0.05, 0.1) is 0 Å². The van der Waals surface area contributed by atoms with Crippen molar-refractivity contribution >= 4 is 5.91 Å². The molecule has 0 aliphatic heterocycles. The van der Waals surface area contributed by atoms with Gasteiger partial charge < -0.3 is 5.73 Å². The average molecular weight is 329 g/mol. The predicted octanol–water partition coefficient (Wildman–Crippen LogP) is 2.68. The van der Waals surface area contributed by atoms with E-state index in [2.05, 4.69) is 54.1 Å². The number of rotatable bonds is 8. The summed E-state index contributed by atoms with van der Waals surface area (Å²) in [4.78, 5) is 14.0. The number of nitrogens with one attached hydrogen (secondary N) is 1. The number of carbonyl (C=O) groups excluding carboxylic acids is 1. The highest BCUT2D eigenvalue weighted by Gasteiger charge is 2.19. The molecule has 0 saturated carbocycles. The van der Waals surface area contributed by atoms with Crippen molar-refractivity contribution in [3.8, 4) is 11.3 Å². The quantitative estimate of drug-likeness (QED) is 0.779. The first kappa shape index (κ1) is 18.1. The van der Waals surface area contributed by atoms with Crippen LogP contribution in [0.5, 0.6) is 0 Å². The molecule has 0 aliphatic carbocycles. The molecule has 1 heterocycles. The van der Waals surface area contributed by atoms with Crippen LogP contribution in [-0.4, -0.2) is 39.3 Å². The number of H-pyrrole nitrogens is 1. The molecule has 6 heteroatoms. The van der Waals surface area contributed by atoms with Crippen molar-refractivity contribution in [2.75, 3.05) is 13.1 Å². The number of hydrogen-bond donors (Lipinski definition) is 2. The number of hydrogen-bond acceptors (Lipinski definition) is 4. The highest BCUT2D eigenvalue weighted by molar-refractivity contribution is 5.97. The van der Waals surface area contributed by atoms with Crippen LogP contribution >= 0.6 is 0 Å². The number of nitrogens with zero attached hydrogens (tertiary/aromatic N) is 3. The molecule has 0 aliphatic rings. The molecule has 0 atom stereocenters. The van der Waals surface area contributed by atoms with Gasteiger partial charge in [-0.3, -0.25) is 9.69 Å². The molecule has 0 bridgehead atoms. The number of amides is 1. The van der Waals surface area contributed by atoms with Crippen molar-refractivity contribution in [1.29, 1.82) is 0 Å². The number of primary amides is 1. The van der Waals surface area contributed by atoms with Crippen molar-refractivity contribution in [2.45, 2.75) is 34.2 Å². The molecular formula is C18H27N5O. The van der Waals surface area contributed by atoms with Gasteiger partial charge in [0.2, 0.25) is 0 Å². The Balaban J connectivity index is 2.33. The van der Waals surface area contributed by atoms with E-state index in [9.17, 15) is 4.79 Å². The molecule has 6 nitrogen and oxygen atoms in total. The maximum atomic E-state index is 11.6. The van der Waals surface area contributed by atoms with Gasteiger partial charge in [-0.15, -0.1) is 0 Å². The van der Waals surface area contributed by atoms with E-state index >= 15 is 0 Å². The Hall–Kier alpha value is -2.21. The van der Waals surface area contributed by atoms with Crippen LogP contribution in [0.2, 0.25) is 0 Å². The number of aromatic nitrogens is 3. The van der Waals surface area contributed by atoms with Crippen molar-refractivity contribution < 1.29 is 4.79 Å². The van der Waals surface area contributed by atoms with E-state index in [1.54, 1.807) is 0 Å². The maximum absolute atomic E-state index is 11.6. The molecular weight excluding hydrogens is 302 g/mol. The van der Waals surface area contributed by atoms with Crippen LogP contribution in [0.1, 0.15) is 43.7 Å². The summed E-state index contributed by atoms with van der Waals surface area (Å²) in [6, 6.07) is 7.98.